The Morgan fingerprint density at radius 2 is 2.28 bits per heavy atom. The van der Waals surface area contributed by atoms with E-state index >= 15 is 0 Å². The van der Waals surface area contributed by atoms with Gasteiger partial charge >= 0.3 is 0 Å². The number of rotatable bonds is 6. The highest BCUT2D eigenvalue weighted by atomic mass is 35.5. The Morgan fingerprint density at radius 3 is 3.04 bits per heavy atom. The lowest BCUT2D eigenvalue weighted by atomic mass is 10.2. The van der Waals surface area contributed by atoms with Gasteiger partial charge in [-0.3, -0.25) is 4.79 Å². The number of nitrogens with one attached hydrogen (secondary N) is 1. The van der Waals surface area contributed by atoms with Crippen molar-refractivity contribution in [3.05, 3.63) is 47.3 Å². The summed E-state index contributed by atoms with van der Waals surface area (Å²) < 4.78 is 7.09. The predicted octanol–water partition coefficient (Wildman–Crippen LogP) is 2.79. The SMILES string of the molecule is Cc1ccc(Cl)cc1NC(=O)C(C)Sc1nnc(Cn2cncn2)o1. The number of carbonyl (C=O) groups is 1. The zero-order chi connectivity index (χ0) is 17.8. The summed E-state index contributed by atoms with van der Waals surface area (Å²) in [6.07, 6.45) is 2.98. The normalized spacial score (nSPS) is 12.1. The highest BCUT2D eigenvalue weighted by Crippen LogP contribution is 2.25. The Labute approximate surface area is 153 Å². The van der Waals surface area contributed by atoms with E-state index in [1.54, 1.807) is 30.1 Å². The van der Waals surface area contributed by atoms with E-state index in [9.17, 15) is 4.79 Å². The van der Waals surface area contributed by atoms with Crippen LogP contribution in [0.2, 0.25) is 5.02 Å². The van der Waals surface area contributed by atoms with Crippen LogP contribution in [0.15, 0.2) is 40.5 Å². The third kappa shape index (κ3) is 4.58. The van der Waals surface area contributed by atoms with Gasteiger partial charge in [0.25, 0.3) is 5.22 Å². The topological polar surface area (TPSA) is 98.7 Å². The number of halogens is 1. The molecule has 0 aliphatic heterocycles. The molecule has 0 spiro atoms. The monoisotopic (exact) mass is 378 g/mol. The van der Waals surface area contributed by atoms with Crippen molar-refractivity contribution < 1.29 is 9.21 Å². The number of anilines is 1. The largest absolute Gasteiger partial charge is 0.414 e. The van der Waals surface area contributed by atoms with Gasteiger partial charge in [-0.15, -0.1) is 10.2 Å². The molecule has 2 aromatic heterocycles. The molecular weight excluding hydrogens is 364 g/mol. The fraction of sp³-hybridized carbons (Fsp3) is 0.267. The number of hydrogen-bond donors (Lipinski definition) is 1. The van der Waals surface area contributed by atoms with Crippen LogP contribution in [-0.4, -0.2) is 36.1 Å². The van der Waals surface area contributed by atoms with E-state index in [1.807, 2.05) is 13.0 Å². The first-order valence-corrected chi connectivity index (χ1v) is 8.65. The number of benzene rings is 1. The highest BCUT2D eigenvalue weighted by Gasteiger charge is 2.19. The fourth-order valence-electron chi connectivity index (χ4n) is 1.97. The van der Waals surface area contributed by atoms with Crippen LogP contribution in [0.25, 0.3) is 0 Å². The molecule has 1 amide bonds. The Kier molecular flexibility index (Phi) is 5.34. The predicted molar refractivity (Wildman–Crippen MR) is 93.6 cm³/mol. The summed E-state index contributed by atoms with van der Waals surface area (Å²) in [5.41, 5.74) is 1.62. The first-order valence-electron chi connectivity index (χ1n) is 7.40. The van der Waals surface area contributed by atoms with Crippen LogP contribution in [0.3, 0.4) is 0 Å². The van der Waals surface area contributed by atoms with Crippen LogP contribution in [0, 0.1) is 6.92 Å². The Balaban J connectivity index is 1.60. The molecule has 8 nitrogen and oxygen atoms in total. The lowest BCUT2D eigenvalue weighted by molar-refractivity contribution is -0.115. The maximum Gasteiger partial charge on any atom is 0.277 e. The first-order chi connectivity index (χ1) is 12.0. The summed E-state index contributed by atoms with van der Waals surface area (Å²) in [5.74, 6) is 0.220. The number of carbonyl (C=O) groups excluding carboxylic acids is 1. The zero-order valence-corrected chi connectivity index (χ0v) is 15.1. The third-order valence-electron chi connectivity index (χ3n) is 3.32. The minimum Gasteiger partial charge on any atom is -0.414 e. The minimum absolute atomic E-state index is 0.175. The lowest BCUT2D eigenvalue weighted by Crippen LogP contribution is -2.22. The number of hydrogen-bond acceptors (Lipinski definition) is 7. The van der Waals surface area contributed by atoms with Crippen LogP contribution in [0.1, 0.15) is 18.4 Å². The van der Waals surface area contributed by atoms with Crippen molar-refractivity contribution in [3.8, 4) is 0 Å². The zero-order valence-electron chi connectivity index (χ0n) is 13.5. The van der Waals surface area contributed by atoms with E-state index in [-0.39, 0.29) is 5.91 Å². The lowest BCUT2D eigenvalue weighted by Gasteiger charge is -2.12. The summed E-state index contributed by atoms with van der Waals surface area (Å²) in [6.45, 7) is 4.00. The molecule has 1 unspecified atom stereocenters. The molecule has 0 radical (unpaired) electrons. The van der Waals surface area contributed by atoms with E-state index < -0.39 is 5.25 Å². The van der Waals surface area contributed by atoms with Gasteiger partial charge in [-0.1, -0.05) is 29.4 Å². The van der Waals surface area contributed by atoms with Crippen LogP contribution >= 0.6 is 23.4 Å². The second kappa shape index (κ2) is 7.66. The molecule has 3 aromatic rings. The smallest absolute Gasteiger partial charge is 0.277 e. The fourth-order valence-corrected chi connectivity index (χ4v) is 2.84. The molecule has 1 aromatic carbocycles. The second-order valence-corrected chi connectivity index (χ2v) is 6.99. The third-order valence-corrected chi connectivity index (χ3v) is 4.49. The average Bonchev–Trinajstić information content (AvgIpc) is 3.23. The summed E-state index contributed by atoms with van der Waals surface area (Å²) in [7, 11) is 0. The van der Waals surface area contributed by atoms with Crippen molar-refractivity contribution >= 4 is 35.0 Å². The number of amides is 1. The van der Waals surface area contributed by atoms with Crippen molar-refractivity contribution in [1.82, 2.24) is 25.0 Å². The molecule has 0 fully saturated rings. The van der Waals surface area contributed by atoms with Gasteiger partial charge in [-0.05, 0) is 31.5 Å². The molecule has 0 saturated carbocycles. The van der Waals surface area contributed by atoms with Crippen molar-refractivity contribution in [3.63, 3.8) is 0 Å². The molecule has 1 atom stereocenters. The van der Waals surface area contributed by atoms with Gasteiger partial charge in [0.2, 0.25) is 11.8 Å². The van der Waals surface area contributed by atoms with E-state index in [0.717, 1.165) is 5.56 Å². The quantitative estimate of drug-likeness (QED) is 0.658. The van der Waals surface area contributed by atoms with Crippen molar-refractivity contribution in [2.75, 3.05) is 5.32 Å². The number of thioether (sulfide) groups is 1. The Morgan fingerprint density at radius 1 is 1.44 bits per heavy atom. The van der Waals surface area contributed by atoms with Crippen LogP contribution in [0.4, 0.5) is 5.69 Å². The maximum atomic E-state index is 12.4. The van der Waals surface area contributed by atoms with Crippen LogP contribution in [0.5, 0.6) is 0 Å². The molecule has 25 heavy (non-hydrogen) atoms. The molecule has 2 heterocycles. The maximum absolute atomic E-state index is 12.4. The standard InChI is InChI=1S/C15H15ClN6O2S/c1-9-3-4-11(16)5-12(9)19-14(23)10(2)25-15-21-20-13(24-15)6-22-8-17-7-18-22/h3-5,7-8,10H,6H2,1-2H3,(H,19,23). The highest BCUT2D eigenvalue weighted by molar-refractivity contribution is 8.00. The van der Waals surface area contributed by atoms with E-state index in [4.69, 9.17) is 16.0 Å². The minimum atomic E-state index is -0.418. The molecule has 0 bridgehead atoms. The molecule has 1 N–H and O–H groups in total. The summed E-state index contributed by atoms with van der Waals surface area (Å²) in [6, 6.07) is 5.35. The van der Waals surface area contributed by atoms with Crippen molar-refractivity contribution in [2.24, 2.45) is 0 Å². The number of aromatic nitrogens is 5. The van der Waals surface area contributed by atoms with Crippen LogP contribution < -0.4 is 5.32 Å². The molecule has 3 rings (SSSR count). The van der Waals surface area contributed by atoms with E-state index in [1.165, 1.54) is 18.1 Å². The van der Waals surface area contributed by atoms with E-state index in [2.05, 4.69) is 25.6 Å². The van der Waals surface area contributed by atoms with Crippen molar-refractivity contribution in [2.45, 2.75) is 30.9 Å². The Hall–Kier alpha value is -2.39. The van der Waals surface area contributed by atoms with Gasteiger partial charge in [0, 0.05) is 10.7 Å². The Bertz CT molecular complexity index is 867. The van der Waals surface area contributed by atoms with Crippen LogP contribution in [-0.2, 0) is 11.3 Å². The molecular formula is C15H15ClN6O2S. The number of aryl methyl sites for hydroxylation is 1. The second-order valence-electron chi connectivity index (χ2n) is 5.26. The summed E-state index contributed by atoms with van der Waals surface area (Å²) >= 11 is 7.15. The first kappa shape index (κ1) is 17.4. The summed E-state index contributed by atoms with van der Waals surface area (Å²) in [5, 5.41) is 15.2. The molecule has 10 heteroatoms. The number of nitrogens with zero attached hydrogens (tertiary/aromatic N) is 5. The van der Waals surface area contributed by atoms with Gasteiger partial charge in [-0.2, -0.15) is 5.10 Å². The molecule has 0 aliphatic rings. The molecule has 130 valence electrons. The molecule has 0 saturated heterocycles. The average molecular weight is 379 g/mol. The van der Waals surface area contributed by atoms with Gasteiger partial charge in [0.1, 0.15) is 19.2 Å². The van der Waals surface area contributed by atoms with Crippen molar-refractivity contribution in [1.29, 1.82) is 0 Å². The van der Waals surface area contributed by atoms with E-state index in [0.29, 0.717) is 28.4 Å². The van der Waals surface area contributed by atoms with Gasteiger partial charge in [0.15, 0.2) is 0 Å². The summed E-state index contributed by atoms with van der Waals surface area (Å²) in [4.78, 5) is 16.2. The van der Waals surface area contributed by atoms with Gasteiger partial charge in [-0.25, -0.2) is 9.67 Å². The van der Waals surface area contributed by atoms with Gasteiger partial charge in [0.05, 0.1) is 5.25 Å². The van der Waals surface area contributed by atoms with Gasteiger partial charge < -0.3 is 9.73 Å². The molecule has 0 aliphatic carbocycles.